The second-order valence-corrected chi connectivity index (χ2v) is 4.24. The van der Waals surface area contributed by atoms with Crippen LogP contribution in [0, 0.1) is 0 Å². The van der Waals surface area contributed by atoms with E-state index in [-0.39, 0.29) is 5.84 Å². The Bertz CT molecular complexity index is 401. The number of hydrogen-bond donors (Lipinski definition) is 4. The van der Waals surface area contributed by atoms with Crippen LogP contribution in [0.3, 0.4) is 0 Å². The van der Waals surface area contributed by atoms with Gasteiger partial charge in [0.2, 0.25) is 12.1 Å². The van der Waals surface area contributed by atoms with Crippen molar-refractivity contribution in [1.29, 1.82) is 0 Å². The van der Waals surface area contributed by atoms with Crippen LogP contribution in [0.2, 0.25) is 0 Å². The smallest absolute Gasteiger partial charge is 0.229 e. The number of alkyl halides is 1. The van der Waals surface area contributed by atoms with Gasteiger partial charge in [-0.2, -0.15) is 0 Å². The molecule has 2 rings (SSSR count). The Hall–Kier alpha value is -1.26. The third-order valence-corrected chi connectivity index (χ3v) is 3.15. The molecule has 5 atom stereocenters. The van der Waals surface area contributed by atoms with Crippen LogP contribution in [0.5, 0.6) is 0 Å². The summed E-state index contributed by atoms with van der Waals surface area (Å²) in [5.41, 5.74) is 5.38. The van der Waals surface area contributed by atoms with Crippen LogP contribution in [0.25, 0.3) is 0 Å². The number of ether oxygens (including phenoxy) is 2. The summed E-state index contributed by atoms with van der Waals surface area (Å²) in [6, 6.07) is 0. The molecule has 0 radical (unpaired) electrons. The van der Waals surface area contributed by atoms with E-state index in [1.807, 2.05) is 0 Å². The van der Waals surface area contributed by atoms with Gasteiger partial charge in [0, 0.05) is 13.3 Å². The molecule has 1 saturated heterocycles. The van der Waals surface area contributed by atoms with Gasteiger partial charge >= 0.3 is 0 Å². The molecule has 0 spiro atoms. The molecule has 2 aliphatic heterocycles. The standard InChI is InChI=1S/C10H16FN3O5/c1-18-10(4-15)7(16)6(11)8(19-10)14-3-2-5(12)13-9(14)17/h2-3,6-9,15-17H,4H2,1H3,(H2,12,13)/t6-,7+,8-,9?,10-/m1/s1. The summed E-state index contributed by atoms with van der Waals surface area (Å²) in [4.78, 5) is 4.65. The molecular formula is C10H16FN3O5. The zero-order valence-corrected chi connectivity index (χ0v) is 10.2. The number of rotatable bonds is 3. The molecule has 1 unspecified atom stereocenters. The summed E-state index contributed by atoms with van der Waals surface area (Å²) in [6.45, 7) is -0.735. The van der Waals surface area contributed by atoms with Crippen molar-refractivity contribution in [2.75, 3.05) is 13.7 Å². The molecule has 2 aliphatic rings. The maximum absolute atomic E-state index is 14.1. The Kier molecular flexibility index (Phi) is 3.74. The summed E-state index contributed by atoms with van der Waals surface area (Å²) < 4.78 is 24.2. The fourth-order valence-electron chi connectivity index (χ4n) is 2.03. The number of aliphatic hydroxyl groups is 3. The summed E-state index contributed by atoms with van der Waals surface area (Å²) in [7, 11) is 1.17. The van der Waals surface area contributed by atoms with Gasteiger partial charge in [0.1, 0.15) is 18.5 Å². The highest BCUT2D eigenvalue weighted by Gasteiger charge is 2.58. The van der Waals surface area contributed by atoms with Gasteiger partial charge in [-0.05, 0) is 6.08 Å². The van der Waals surface area contributed by atoms with Gasteiger partial charge in [-0.15, -0.1) is 0 Å². The van der Waals surface area contributed by atoms with Gasteiger partial charge in [-0.3, -0.25) is 0 Å². The number of hydrogen-bond acceptors (Lipinski definition) is 8. The number of nitrogens with two attached hydrogens (primary N) is 1. The highest BCUT2D eigenvalue weighted by atomic mass is 19.1. The van der Waals surface area contributed by atoms with E-state index in [0.29, 0.717) is 0 Å². The first-order valence-electron chi connectivity index (χ1n) is 5.58. The SMILES string of the molecule is CO[C@]1(CO)O[C@@H](N2C=CC(N)=NC2O)[C@H](F)[C@@H]1O. The van der Waals surface area contributed by atoms with Gasteiger partial charge in [0.05, 0.1) is 0 Å². The van der Waals surface area contributed by atoms with Crippen LogP contribution in [0.4, 0.5) is 4.39 Å². The Balaban J connectivity index is 2.21. The Morgan fingerprint density at radius 3 is 2.79 bits per heavy atom. The van der Waals surface area contributed by atoms with Crippen molar-refractivity contribution >= 4 is 5.84 Å². The summed E-state index contributed by atoms with van der Waals surface area (Å²) in [5.74, 6) is -1.79. The molecule has 0 aromatic heterocycles. The topological polar surface area (TPSA) is 121 Å². The minimum absolute atomic E-state index is 0.0814. The third-order valence-electron chi connectivity index (χ3n) is 3.15. The van der Waals surface area contributed by atoms with Crippen molar-refractivity contribution in [2.24, 2.45) is 10.7 Å². The van der Waals surface area contributed by atoms with Crippen LogP contribution < -0.4 is 5.73 Å². The number of aliphatic hydroxyl groups excluding tert-OH is 3. The highest BCUT2D eigenvalue weighted by molar-refractivity contribution is 5.91. The maximum Gasteiger partial charge on any atom is 0.229 e. The lowest BCUT2D eigenvalue weighted by atomic mass is 10.1. The van der Waals surface area contributed by atoms with E-state index in [4.69, 9.17) is 15.2 Å². The van der Waals surface area contributed by atoms with Crippen molar-refractivity contribution in [3.8, 4) is 0 Å². The van der Waals surface area contributed by atoms with Crippen LogP contribution in [-0.4, -0.2) is 70.4 Å². The monoisotopic (exact) mass is 277 g/mol. The predicted molar refractivity (Wildman–Crippen MR) is 61.2 cm³/mol. The number of aliphatic imine (C=N–C) groups is 1. The average molecular weight is 277 g/mol. The van der Waals surface area contributed by atoms with E-state index >= 15 is 0 Å². The average Bonchev–Trinajstić information content (AvgIpc) is 2.64. The zero-order chi connectivity index (χ0) is 14.2. The van der Waals surface area contributed by atoms with Crippen LogP contribution in [0.15, 0.2) is 17.3 Å². The molecule has 0 aromatic carbocycles. The van der Waals surface area contributed by atoms with Crippen molar-refractivity contribution in [2.45, 2.75) is 30.6 Å². The van der Waals surface area contributed by atoms with E-state index in [9.17, 15) is 19.7 Å². The lowest BCUT2D eigenvalue weighted by Crippen LogP contribution is -2.47. The molecule has 8 nitrogen and oxygen atoms in total. The lowest BCUT2D eigenvalue weighted by Gasteiger charge is -2.33. The second kappa shape index (κ2) is 5.02. The molecule has 9 heteroatoms. The zero-order valence-electron chi connectivity index (χ0n) is 10.2. The van der Waals surface area contributed by atoms with Crippen molar-refractivity contribution in [3.05, 3.63) is 12.3 Å². The molecule has 0 aliphatic carbocycles. The first-order valence-corrected chi connectivity index (χ1v) is 5.58. The van der Waals surface area contributed by atoms with Gasteiger partial charge in [0.15, 0.2) is 12.4 Å². The molecule has 19 heavy (non-hydrogen) atoms. The molecule has 0 aromatic rings. The predicted octanol–water partition coefficient (Wildman–Crippen LogP) is -2.16. The molecule has 108 valence electrons. The third kappa shape index (κ3) is 2.19. The number of nitrogens with zero attached hydrogens (tertiary/aromatic N) is 2. The normalized spacial score (nSPS) is 42.6. The Labute approximate surface area is 108 Å². The quantitative estimate of drug-likeness (QED) is 0.463. The van der Waals surface area contributed by atoms with Crippen LogP contribution in [-0.2, 0) is 9.47 Å². The fourth-order valence-corrected chi connectivity index (χ4v) is 2.03. The number of methoxy groups -OCH3 is 1. The summed E-state index contributed by atoms with van der Waals surface area (Å²) in [5, 5.41) is 28.7. The first kappa shape index (κ1) is 14.2. The number of halogens is 1. The molecule has 2 heterocycles. The molecule has 0 amide bonds. The Morgan fingerprint density at radius 2 is 2.32 bits per heavy atom. The van der Waals surface area contributed by atoms with E-state index in [1.54, 1.807) is 0 Å². The molecule has 1 fully saturated rings. The molecular weight excluding hydrogens is 261 g/mol. The van der Waals surface area contributed by atoms with Gasteiger partial charge < -0.3 is 35.4 Å². The van der Waals surface area contributed by atoms with E-state index < -0.39 is 37.2 Å². The fraction of sp³-hybridized carbons (Fsp3) is 0.700. The van der Waals surface area contributed by atoms with Gasteiger partial charge in [-0.1, -0.05) is 0 Å². The lowest BCUT2D eigenvalue weighted by molar-refractivity contribution is -0.278. The van der Waals surface area contributed by atoms with Crippen molar-refractivity contribution < 1.29 is 29.2 Å². The number of amidine groups is 1. The summed E-state index contributed by atoms with van der Waals surface area (Å²) >= 11 is 0. The van der Waals surface area contributed by atoms with Gasteiger partial charge in [-0.25, -0.2) is 9.38 Å². The highest BCUT2D eigenvalue weighted by Crippen LogP contribution is 2.36. The summed E-state index contributed by atoms with van der Waals surface area (Å²) in [6.07, 6.45) is -3.75. The minimum Gasteiger partial charge on any atom is -0.391 e. The van der Waals surface area contributed by atoms with E-state index in [2.05, 4.69) is 4.99 Å². The maximum atomic E-state index is 14.1. The van der Waals surface area contributed by atoms with Gasteiger partial charge in [0.25, 0.3) is 0 Å². The van der Waals surface area contributed by atoms with Crippen LogP contribution >= 0.6 is 0 Å². The second-order valence-electron chi connectivity index (χ2n) is 4.24. The molecule has 0 saturated carbocycles. The first-order chi connectivity index (χ1) is 8.95. The molecule has 5 N–H and O–H groups in total. The Morgan fingerprint density at radius 1 is 1.63 bits per heavy atom. The van der Waals surface area contributed by atoms with E-state index in [0.717, 1.165) is 4.90 Å². The van der Waals surface area contributed by atoms with Crippen molar-refractivity contribution in [3.63, 3.8) is 0 Å². The van der Waals surface area contributed by atoms with Crippen LogP contribution in [0.1, 0.15) is 0 Å². The van der Waals surface area contributed by atoms with Crippen molar-refractivity contribution in [1.82, 2.24) is 4.90 Å². The molecule has 0 bridgehead atoms. The van der Waals surface area contributed by atoms with E-state index in [1.165, 1.54) is 19.4 Å². The largest absolute Gasteiger partial charge is 0.391 e. The minimum atomic E-state index is -1.90.